The van der Waals surface area contributed by atoms with E-state index < -0.39 is 0 Å². The van der Waals surface area contributed by atoms with Crippen LogP contribution in [0.2, 0.25) is 0 Å². The Morgan fingerprint density at radius 2 is 2.25 bits per heavy atom. The Bertz CT molecular complexity index is 157. The summed E-state index contributed by atoms with van der Waals surface area (Å²) in [6.07, 6.45) is 2.04. The van der Waals surface area contributed by atoms with E-state index in [0.717, 1.165) is 19.4 Å². The van der Waals surface area contributed by atoms with E-state index in [9.17, 15) is 5.11 Å². The van der Waals surface area contributed by atoms with Gasteiger partial charge < -0.3 is 15.6 Å². The van der Waals surface area contributed by atoms with Crippen LogP contribution in [0.25, 0.3) is 0 Å². The second-order valence-electron chi connectivity index (χ2n) is 4.12. The van der Waals surface area contributed by atoms with Gasteiger partial charge in [-0.2, -0.15) is 0 Å². The van der Waals surface area contributed by atoms with Gasteiger partial charge in [-0.25, -0.2) is 0 Å². The summed E-state index contributed by atoms with van der Waals surface area (Å²) in [5.41, 5.74) is 5.83. The average Bonchev–Trinajstić information content (AvgIpc) is 2.70. The van der Waals surface area contributed by atoms with Crippen LogP contribution in [0.1, 0.15) is 19.8 Å². The maximum absolute atomic E-state index is 9.17. The molecular formula is C9H19NO2. The fourth-order valence-corrected chi connectivity index (χ4v) is 2.01. The highest BCUT2D eigenvalue weighted by Crippen LogP contribution is 2.64. The lowest BCUT2D eigenvalue weighted by molar-refractivity contribution is 0.138. The summed E-state index contributed by atoms with van der Waals surface area (Å²) in [6, 6.07) is 0. The van der Waals surface area contributed by atoms with Crippen molar-refractivity contribution in [3.8, 4) is 0 Å². The second kappa shape index (κ2) is 3.32. The molecule has 0 aliphatic heterocycles. The van der Waals surface area contributed by atoms with Gasteiger partial charge in [0, 0.05) is 25.7 Å². The van der Waals surface area contributed by atoms with Gasteiger partial charge in [0.25, 0.3) is 0 Å². The Morgan fingerprint density at radius 1 is 1.58 bits per heavy atom. The second-order valence-corrected chi connectivity index (χ2v) is 4.12. The van der Waals surface area contributed by atoms with Gasteiger partial charge in [0.1, 0.15) is 0 Å². The lowest BCUT2D eigenvalue weighted by Gasteiger charge is -2.18. The molecule has 1 aliphatic rings. The molecule has 1 rings (SSSR count). The first-order valence-corrected chi connectivity index (χ1v) is 4.44. The zero-order chi connectivity index (χ0) is 9.24. The van der Waals surface area contributed by atoms with Crippen LogP contribution in [0.3, 0.4) is 0 Å². The molecular weight excluding hydrogens is 154 g/mol. The van der Waals surface area contributed by atoms with Crippen molar-refractivity contribution in [3.05, 3.63) is 0 Å². The molecule has 12 heavy (non-hydrogen) atoms. The SMILES string of the molecule is COCCC1(C)CC1(CN)CO. The van der Waals surface area contributed by atoms with Crippen LogP contribution >= 0.6 is 0 Å². The molecule has 1 saturated carbocycles. The molecule has 1 aliphatic carbocycles. The minimum absolute atomic E-state index is 0.00840. The number of hydrogen-bond donors (Lipinski definition) is 2. The van der Waals surface area contributed by atoms with Gasteiger partial charge in [0.2, 0.25) is 0 Å². The van der Waals surface area contributed by atoms with Crippen molar-refractivity contribution in [2.75, 3.05) is 26.9 Å². The van der Waals surface area contributed by atoms with E-state index in [0.29, 0.717) is 6.54 Å². The van der Waals surface area contributed by atoms with Gasteiger partial charge in [0.05, 0.1) is 6.61 Å². The molecule has 0 aromatic carbocycles. The Morgan fingerprint density at radius 3 is 2.58 bits per heavy atom. The number of aliphatic hydroxyl groups excluding tert-OH is 1. The minimum Gasteiger partial charge on any atom is -0.396 e. The average molecular weight is 173 g/mol. The van der Waals surface area contributed by atoms with Gasteiger partial charge >= 0.3 is 0 Å². The van der Waals surface area contributed by atoms with E-state index >= 15 is 0 Å². The fraction of sp³-hybridized carbons (Fsp3) is 1.00. The number of methoxy groups -OCH3 is 1. The van der Waals surface area contributed by atoms with E-state index in [2.05, 4.69) is 6.92 Å². The molecule has 0 spiro atoms. The first-order valence-electron chi connectivity index (χ1n) is 4.44. The number of ether oxygens (including phenoxy) is 1. The van der Waals surface area contributed by atoms with Crippen molar-refractivity contribution in [1.29, 1.82) is 0 Å². The molecule has 3 nitrogen and oxygen atoms in total. The summed E-state index contributed by atoms with van der Waals surface area (Å²) in [7, 11) is 1.70. The van der Waals surface area contributed by atoms with Crippen LogP contribution in [0.15, 0.2) is 0 Å². The molecule has 0 aromatic heterocycles. The first-order chi connectivity index (χ1) is 5.64. The highest BCUT2D eigenvalue weighted by Gasteiger charge is 2.62. The molecule has 0 heterocycles. The quantitative estimate of drug-likeness (QED) is 0.631. The van der Waals surface area contributed by atoms with E-state index in [1.807, 2.05) is 0 Å². The Labute approximate surface area is 73.9 Å². The molecule has 0 aromatic rings. The maximum Gasteiger partial charge on any atom is 0.0504 e. The summed E-state index contributed by atoms with van der Waals surface area (Å²) in [4.78, 5) is 0. The Hall–Kier alpha value is -0.120. The molecule has 2 atom stereocenters. The maximum atomic E-state index is 9.17. The summed E-state index contributed by atoms with van der Waals surface area (Å²) in [5, 5.41) is 9.17. The fourth-order valence-electron chi connectivity index (χ4n) is 2.01. The van der Waals surface area contributed by atoms with E-state index in [1.54, 1.807) is 7.11 Å². The van der Waals surface area contributed by atoms with Crippen LogP contribution in [0, 0.1) is 10.8 Å². The molecule has 0 radical (unpaired) electrons. The number of nitrogens with two attached hydrogens (primary N) is 1. The number of hydrogen-bond acceptors (Lipinski definition) is 3. The molecule has 3 heteroatoms. The van der Waals surface area contributed by atoms with Crippen molar-refractivity contribution < 1.29 is 9.84 Å². The van der Waals surface area contributed by atoms with Crippen LogP contribution in [-0.4, -0.2) is 32.0 Å². The summed E-state index contributed by atoms with van der Waals surface area (Å²) >= 11 is 0. The smallest absolute Gasteiger partial charge is 0.0504 e. The molecule has 1 fully saturated rings. The molecule has 2 unspecified atom stereocenters. The molecule has 0 saturated heterocycles. The van der Waals surface area contributed by atoms with Crippen molar-refractivity contribution in [3.63, 3.8) is 0 Å². The summed E-state index contributed by atoms with van der Waals surface area (Å²) in [5.74, 6) is 0. The van der Waals surface area contributed by atoms with Crippen molar-refractivity contribution in [1.82, 2.24) is 0 Å². The molecule has 3 N–H and O–H groups in total. The summed E-state index contributed by atoms with van der Waals surface area (Å²) < 4.78 is 5.02. The number of aliphatic hydroxyl groups is 1. The van der Waals surface area contributed by atoms with E-state index in [-0.39, 0.29) is 17.4 Å². The highest BCUT2D eigenvalue weighted by molar-refractivity contribution is 5.12. The van der Waals surface area contributed by atoms with Crippen molar-refractivity contribution >= 4 is 0 Å². The normalized spacial score (nSPS) is 40.0. The monoisotopic (exact) mass is 173 g/mol. The lowest BCUT2D eigenvalue weighted by atomic mass is 9.92. The van der Waals surface area contributed by atoms with Gasteiger partial charge in [-0.1, -0.05) is 6.92 Å². The van der Waals surface area contributed by atoms with Gasteiger partial charge in [0.15, 0.2) is 0 Å². The van der Waals surface area contributed by atoms with Crippen LogP contribution in [-0.2, 0) is 4.74 Å². The van der Waals surface area contributed by atoms with Crippen molar-refractivity contribution in [2.45, 2.75) is 19.8 Å². The lowest BCUT2D eigenvalue weighted by Crippen LogP contribution is -2.26. The van der Waals surface area contributed by atoms with Crippen LogP contribution in [0.4, 0.5) is 0 Å². The third-order valence-electron chi connectivity index (χ3n) is 3.44. The first kappa shape index (κ1) is 9.96. The summed E-state index contributed by atoms with van der Waals surface area (Å²) in [6.45, 7) is 3.74. The third-order valence-corrected chi connectivity index (χ3v) is 3.44. The van der Waals surface area contributed by atoms with Crippen LogP contribution in [0.5, 0.6) is 0 Å². The zero-order valence-electron chi connectivity index (χ0n) is 7.97. The number of rotatable bonds is 5. The minimum atomic E-state index is -0.00840. The van der Waals surface area contributed by atoms with Crippen LogP contribution < -0.4 is 5.73 Å². The Kier molecular flexibility index (Phi) is 2.76. The highest BCUT2D eigenvalue weighted by atomic mass is 16.5. The topological polar surface area (TPSA) is 55.5 Å². The van der Waals surface area contributed by atoms with E-state index in [1.165, 1.54) is 0 Å². The van der Waals surface area contributed by atoms with Crippen molar-refractivity contribution in [2.24, 2.45) is 16.6 Å². The molecule has 0 bridgehead atoms. The molecule has 0 amide bonds. The molecule has 72 valence electrons. The third kappa shape index (κ3) is 1.37. The Balaban J connectivity index is 2.44. The van der Waals surface area contributed by atoms with Gasteiger partial charge in [-0.3, -0.25) is 0 Å². The largest absolute Gasteiger partial charge is 0.396 e. The van der Waals surface area contributed by atoms with Gasteiger partial charge in [-0.15, -0.1) is 0 Å². The zero-order valence-corrected chi connectivity index (χ0v) is 7.97. The standard InChI is InChI=1S/C9H19NO2/c1-8(3-4-12-2)5-9(8,6-10)7-11/h11H,3-7,10H2,1-2H3. The predicted molar refractivity (Wildman–Crippen MR) is 47.8 cm³/mol. The van der Waals surface area contributed by atoms with Gasteiger partial charge in [-0.05, 0) is 18.3 Å². The van der Waals surface area contributed by atoms with E-state index in [4.69, 9.17) is 10.5 Å². The predicted octanol–water partition coefficient (Wildman–Crippen LogP) is 0.370.